The molecule has 0 fully saturated rings. The Bertz CT molecular complexity index is 1250. The fourth-order valence-electron chi connectivity index (χ4n) is 2.91. The molecule has 0 bridgehead atoms. The van der Waals surface area contributed by atoms with Crippen molar-refractivity contribution in [2.24, 2.45) is 0 Å². The van der Waals surface area contributed by atoms with Crippen molar-refractivity contribution in [3.05, 3.63) is 65.9 Å². The molecule has 0 amide bonds. The molecule has 0 unspecified atom stereocenters. The number of hydrogen-bond acceptors (Lipinski definition) is 6. The lowest BCUT2D eigenvalue weighted by Crippen LogP contribution is -1.96. The van der Waals surface area contributed by atoms with Crippen LogP contribution in [0.2, 0.25) is 0 Å². The molecule has 5 rings (SSSR count). The maximum absolute atomic E-state index is 5.37. The van der Waals surface area contributed by atoms with Gasteiger partial charge in [0.15, 0.2) is 11.3 Å². The van der Waals surface area contributed by atoms with Gasteiger partial charge in [0, 0.05) is 11.5 Å². The topological polar surface area (TPSA) is 82.2 Å². The predicted molar refractivity (Wildman–Crippen MR) is 96.2 cm³/mol. The minimum absolute atomic E-state index is 0.584. The summed E-state index contributed by atoms with van der Waals surface area (Å²) in [5.41, 5.74) is 3.53. The lowest BCUT2D eigenvalue weighted by molar-refractivity contribution is 0.399. The highest BCUT2D eigenvalue weighted by Gasteiger charge is 2.17. The largest absolute Gasteiger partial charge is 0.465 e. The Morgan fingerprint density at radius 1 is 1.08 bits per heavy atom. The van der Waals surface area contributed by atoms with Crippen LogP contribution in [0.5, 0.6) is 0 Å². The molecular formula is C19H13N5O2. The minimum atomic E-state index is 0.584. The first-order valence-corrected chi connectivity index (χ1v) is 8.09. The number of furan rings is 1. The highest BCUT2D eigenvalue weighted by atomic mass is 16.5. The molecule has 7 heteroatoms. The number of benzene rings is 1. The van der Waals surface area contributed by atoms with Crippen molar-refractivity contribution in [3.63, 3.8) is 0 Å². The van der Waals surface area contributed by atoms with Gasteiger partial charge in [-0.1, -0.05) is 28.6 Å². The third-order valence-corrected chi connectivity index (χ3v) is 4.10. The van der Waals surface area contributed by atoms with Crippen molar-refractivity contribution in [2.75, 3.05) is 0 Å². The Labute approximate surface area is 147 Å². The van der Waals surface area contributed by atoms with Gasteiger partial charge in [0.2, 0.25) is 0 Å². The summed E-state index contributed by atoms with van der Waals surface area (Å²) in [5, 5.41) is 13.5. The zero-order valence-electron chi connectivity index (χ0n) is 13.8. The molecule has 0 saturated carbocycles. The quantitative estimate of drug-likeness (QED) is 0.492. The van der Waals surface area contributed by atoms with Crippen LogP contribution >= 0.6 is 0 Å². The highest BCUT2D eigenvalue weighted by Crippen LogP contribution is 2.26. The molecule has 4 aromatic heterocycles. The van der Waals surface area contributed by atoms with E-state index in [0.29, 0.717) is 22.8 Å². The fraction of sp³-hybridized carbons (Fsp3) is 0.0526. The van der Waals surface area contributed by atoms with Crippen molar-refractivity contribution >= 4 is 28.7 Å². The summed E-state index contributed by atoms with van der Waals surface area (Å²) >= 11 is 0. The summed E-state index contributed by atoms with van der Waals surface area (Å²) in [6.07, 6.45) is 5.45. The molecule has 26 heavy (non-hydrogen) atoms. The minimum Gasteiger partial charge on any atom is -0.465 e. The van der Waals surface area contributed by atoms with Gasteiger partial charge in [-0.25, -0.2) is 4.98 Å². The first kappa shape index (κ1) is 14.6. The van der Waals surface area contributed by atoms with Crippen LogP contribution in [-0.4, -0.2) is 25.0 Å². The maximum atomic E-state index is 5.37. The Balaban J connectivity index is 1.77. The molecule has 126 valence electrons. The van der Waals surface area contributed by atoms with Crippen LogP contribution in [0.25, 0.3) is 40.1 Å². The lowest BCUT2D eigenvalue weighted by Gasteiger charge is -2.04. The first-order chi connectivity index (χ1) is 12.8. The monoisotopic (exact) mass is 343 g/mol. The highest BCUT2D eigenvalue weighted by molar-refractivity contribution is 5.92. The maximum Gasteiger partial charge on any atom is 0.186 e. The molecule has 5 aromatic rings. The van der Waals surface area contributed by atoms with Crippen molar-refractivity contribution in [1.29, 1.82) is 0 Å². The van der Waals surface area contributed by atoms with Crippen LogP contribution in [0.4, 0.5) is 0 Å². The van der Waals surface area contributed by atoms with E-state index < -0.39 is 0 Å². The van der Waals surface area contributed by atoms with Gasteiger partial charge >= 0.3 is 0 Å². The zero-order valence-corrected chi connectivity index (χ0v) is 13.8. The summed E-state index contributed by atoms with van der Waals surface area (Å²) in [5.74, 6) is 1.47. The second-order valence-corrected chi connectivity index (χ2v) is 5.86. The summed E-state index contributed by atoms with van der Waals surface area (Å²) in [7, 11) is 0. The van der Waals surface area contributed by atoms with Gasteiger partial charge in [0.05, 0.1) is 17.5 Å². The van der Waals surface area contributed by atoms with Crippen molar-refractivity contribution in [3.8, 4) is 11.4 Å². The van der Waals surface area contributed by atoms with E-state index in [4.69, 9.17) is 13.9 Å². The van der Waals surface area contributed by atoms with Gasteiger partial charge < -0.3 is 8.94 Å². The zero-order chi connectivity index (χ0) is 17.5. The molecule has 0 N–H and O–H groups in total. The van der Waals surface area contributed by atoms with Crippen LogP contribution in [-0.2, 0) is 0 Å². The van der Waals surface area contributed by atoms with Crippen molar-refractivity contribution < 1.29 is 8.94 Å². The van der Waals surface area contributed by atoms with Crippen LogP contribution in [0.15, 0.2) is 57.7 Å². The summed E-state index contributed by atoms with van der Waals surface area (Å²) in [4.78, 5) is 4.78. The summed E-state index contributed by atoms with van der Waals surface area (Å²) < 4.78 is 12.3. The van der Waals surface area contributed by atoms with Gasteiger partial charge in [-0.2, -0.15) is 4.52 Å². The molecule has 0 atom stereocenters. The SMILES string of the molecule is Cc1cc(-c2nnn3c2nc(/C=C/c2ccco2)c2ccccc23)no1. The Hall–Kier alpha value is -3.74. The number of rotatable bonds is 3. The van der Waals surface area contributed by atoms with Crippen molar-refractivity contribution in [1.82, 2.24) is 25.0 Å². The van der Waals surface area contributed by atoms with E-state index in [9.17, 15) is 0 Å². The predicted octanol–water partition coefficient (Wildman–Crippen LogP) is 4.00. The summed E-state index contributed by atoms with van der Waals surface area (Å²) in [6.45, 7) is 1.84. The van der Waals surface area contributed by atoms with Crippen LogP contribution < -0.4 is 0 Å². The van der Waals surface area contributed by atoms with E-state index in [2.05, 4.69) is 15.5 Å². The van der Waals surface area contributed by atoms with E-state index in [1.807, 2.05) is 61.5 Å². The van der Waals surface area contributed by atoms with E-state index >= 15 is 0 Å². The van der Waals surface area contributed by atoms with Crippen LogP contribution in [0, 0.1) is 6.92 Å². The molecule has 0 aliphatic rings. The molecule has 4 heterocycles. The molecule has 0 aliphatic heterocycles. The second-order valence-electron chi connectivity index (χ2n) is 5.86. The number of aromatic nitrogens is 5. The molecule has 0 radical (unpaired) electrons. The average Bonchev–Trinajstić information content (AvgIpc) is 3.40. The summed E-state index contributed by atoms with van der Waals surface area (Å²) in [6, 6.07) is 13.5. The van der Waals surface area contributed by atoms with E-state index in [0.717, 1.165) is 22.4 Å². The Kier molecular flexibility index (Phi) is 3.18. The molecule has 0 aliphatic carbocycles. The fourth-order valence-corrected chi connectivity index (χ4v) is 2.91. The Morgan fingerprint density at radius 3 is 2.81 bits per heavy atom. The number of para-hydroxylation sites is 1. The average molecular weight is 343 g/mol. The molecular weight excluding hydrogens is 330 g/mol. The van der Waals surface area contributed by atoms with Gasteiger partial charge in [0.25, 0.3) is 0 Å². The van der Waals surface area contributed by atoms with Gasteiger partial charge in [-0.05, 0) is 37.3 Å². The van der Waals surface area contributed by atoms with E-state index in [-0.39, 0.29) is 0 Å². The second kappa shape index (κ2) is 5.66. The lowest BCUT2D eigenvalue weighted by atomic mass is 10.1. The molecule has 1 aromatic carbocycles. The molecule has 7 nitrogen and oxygen atoms in total. The van der Waals surface area contributed by atoms with Gasteiger partial charge in [-0.15, -0.1) is 5.10 Å². The standard InChI is InChI=1S/C19H13N5O2/c1-12-11-16(22-26-12)18-19-20-15(9-8-13-5-4-10-25-13)14-6-2-3-7-17(14)24(19)23-21-18/h2-11H,1H3/b9-8+. The van der Waals surface area contributed by atoms with E-state index in [1.165, 1.54) is 0 Å². The third-order valence-electron chi connectivity index (χ3n) is 4.10. The van der Waals surface area contributed by atoms with Crippen molar-refractivity contribution in [2.45, 2.75) is 6.92 Å². The van der Waals surface area contributed by atoms with Crippen LogP contribution in [0.3, 0.4) is 0 Å². The number of hydrogen-bond donors (Lipinski definition) is 0. The first-order valence-electron chi connectivity index (χ1n) is 8.09. The molecule has 0 spiro atoms. The normalized spacial score (nSPS) is 11.9. The van der Waals surface area contributed by atoms with Gasteiger partial charge in [0.1, 0.15) is 17.2 Å². The van der Waals surface area contributed by atoms with Gasteiger partial charge in [-0.3, -0.25) is 0 Å². The van der Waals surface area contributed by atoms with Crippen LogP contribution in [0.1, 0.15) is 17.2 Å². The Morgan fingerprint density at radius 2 is 2.00 bits per heavy atom. The number of nitrogens with zero attached hydrogens (tertiary/aromatic N) is 5. The van der Waals surface area contributed by atoms with E-state index in [1.54, 1.807) is 10.8 Å². The number of aryl methyl sites for hydroxylation is 1. The third kappa shape index (κ3) is 2.29. The number of fused-ring (bicyclic) bond motifs is 3. The molecule has 0 saturated heterocycles. The smallest absolute Gasteiger partial charge is 0.186 e.